The number of aromatic nitrogens is 2. The quantitative estimate of drug-likeness (QED) is 0.708. The Hall–Kier alpha value is -2.44. The summed E-state index contributed by atoms with van der Waals surface area (Å²) < 4.78 is 1.84. The molecule has 0 spiro atoms. The van der Waals surface area contributed by atoms with Gasteiger partial charge in [-0.1, -0.05) is 36.4 Å². The first-order valence-corrected chi connectivity index (χ1v) is 10.2. The lowest BCUT2D eigenvalue weighted by Crippen LogP contribution is -2.38. The van der Waals surface area contributed by atoms with E-state index in [1.807, 2.05) is 46.6 Å². The first-order chi connectivity index (χ1) is 13.2. The predicted octanol–water partition coefficient (Wildman–Crippen LogP) is 3.69. The van der Waals surface area contributed by atoms with Crippen LogP contribution in [0.1, 0.15) is 41.6 Å². The first kappa shape index (κ1) is 17.9. The number of nitrogens with zero attached hydrogens (tertiary/aromatic N) is 2. The number of aliphatic hydroxyl groups excluding tert-OH is 1. The molecule has 0 bridgehead atoms. The third kappa shape index (κ3) is 4.28. The molecule has 0 saturated heterocycles. The van der Waals surface area contributed by atoms with E-state index in [-0.39, 0.29) is 18.1 Å². The number of benzene rings is 1. The molecule has 1 aliphatic rings. The van der Waals surface area contributed by atoms with Crippen molar-refractivity contribution in [1.29, 1.82) is 0 Å². The zero-order chi connectivity index (χ0) is 18.6. The molecule has 0 radical (unpaired) electrons. The predicted molar refractivity (Wildman–Crippen MR) is 107 cm³/mol. The first-order valence-electron chi connectivity index (χ1n) is 9.33. The minimum Gasteiger partial charge on any atom is -0.393 e. The van der Waals surface area contributed by atoms with Gasteiger partial charge in [0.15, 0.2) is 0 Å². The summed E-state index contributed by atoms with van der Waals surface area (Å²) in [6.45, 7) is 0.627. The van der Waals surface area contributed by atoms with Gasteiger partial charge in [0.25, 0.3) is 5.91 Å². The Balaban J connectivity index is 1.57. The van der Waals surface area contributed by atoms with Crippen LogP contribution in [0.3, 0.4) is 0 Å². The van der Waals surface area contributed by atoms with Crippen LogP contribution in [0, 0.1) is 0 Å². The van der Waals surface area contributed by atoms with E-state index in [4.69, 9.17) is 5.10 Å². The Labute approximate surface area is 162 Å². The number of hydrogen-bond donors (Lipinski definition) is 2. The molecule has 1 saturated carbocycles. The summed E-state index contributed by atoms with van der Waals surface area (Å²) >= 11 is 1.58. The highest BCUT2D eigenvalue weighted by molar-refractivity contribution is 7.13. The summed E-state index contributed by atoms with van der Waals surface area (Å²) in [7, 11) is 0. The molecule has 0 aliphatic heterocycles. The van der Waals surface area contributed by atoms with Gasteiger partial charge in [-0.2, -0.15) is 5.10 Å². The number of amides is 1. The molecule has 2 N–H and O–H groups in total. The maximum atomic E-state index is 13.0. The van der Waals surface area contributed by atoms with Gasteiger partial charge >= 0.3 is 0 Å². The molecular formula is C21H23N3O2S. The van der Waals surface area contributed by atoms with E-state index in [0.717, 1.165) is 41.8 Å². The van der Waals surface area contributed by atoms with Crippen molar-refractivity contribution in [2.75, 3.05) is 0 Å². The van der Waals surface area contributed by atoms with Gasteiger partial charge in [-0.15, -0.1) is 11.3 Å². The maximum Gasteiger partial charge on any atom is 0.255 e. The van der Waals surface area contributed by atoms with Gasteiger partial charge in [0, 0.05) is 12.2 Å². The Kier molecular flexibility index (Phi) is 5.36. The average Bonchev–Trinajstić information content (AvgIpc) is 3.34. The summed E-state index contributed by atoms with van der Waals surface area (Å²) in [6.07, 6.45) is 4.74. The van der Waals surface area contributed by atoms with Gasteiger partial charge in [0.05, 0.1) is 23.1 Å². The second kappa shape index (κ2) is 8.06. The van der Waals surface area contributed by atoms with Crippen LogP contribution >= 0.6 is 11.3 Å². The Bertz CT molecular complexity index is 882. The van der Waals surface area contributed by atoms with E-state index in [2.05, 4.69) is 17.4 Å². The number of rotatable bonds is 5. The van der Waals surface area contributed by atoms with Crippen LogP contribution in [0.25, 0.3) is 10.6 Å². The summed E-state index contributed by atoms with van der Waals surface area (Å²) in [5.41, 5.74) is 2.49. The van der Waals surface area contributed by atoms with Gasteiger partial charge in [-0.25, -0.2) is 0 Å². The minimum absolute atomic E-state index is 0.0842. The Morgan fingerprint density at radius 1 is 1.15 bits per heavy atom. The maximum absolute atomic E-state index is 13.0. The smallest absolute Gasteiger partial charge is 0.255 e. The molecule has 6 heteroatoms. The summed E-state index contributed by atoms with van der Waals surface area (Å²) in [6, 6.07) is 14.2. The van der Waals surface area contributed by atoms with Crippen LogP contribution in [0.5, 0.6) is 0 Å². The molecule has 140 valence electrons. The van der Waals surface area contributed by atoms with Crippen LogP contribution in [0.4, 0.5) is 0 Å². The molecule has 5 nitrogen and oxygen atoms in total. The fourth-order valence-electron chi connectivity index (χ4n) is 3.52. The SMILES string of the molecule is O=C(NC1CCC(O)CC1)c1cn(Cc2ccccc2)nc1-c1cccs1. The number of carbonyl (C=O) groups excluding carboxylic acids is 1. The molecule has 1 amide bonds. The number of nitrogens with one attached hydrogen (secondary N) is 1. The second-order valence-electron chi connectivity index (χ2n) is 7.03. The van der Waals surface area contributed by atoms with Crippen LogP contribution in [0.15, 0.2) is 54.0 Å². The molecule has 0 unspecified atom stereocenters. The number of carbonyl (C=O) groups is 1. The fourth-order valence-corrected chi connectivity index (χ4v) is 4.24. The number of aliphatic hydroxyl groups is 1. The van der Waals surface area contributed by atoms with Crippen molar-refractivity contribution in [2.24, 2.45) is 0 Å². The Morgan fingerprint density at radius 3 is 2.63 bits per heavy atom. The van der Waals surface area contributed by atoms with Gasteiger partial charge in [0.1, 0.15) is 5.69 Å². The van der Waals surface area contributed by atoms with Crippen LogP contribution in [-0.2, 0) is 6.54 Å². The Morgan fingerprint density at radius 2 is 1.93 bits per heavy atom. The van der Waals surface area contributed by atoms with Gasteiger partial charge in [-0.05, 0) is 42.7 Å². The highest BCUT2D eigenvalue weighted by Gasteiger charge is 2.24. The number of thiophene rings is 1. The van der Waals surface area contributed by atoms with Crippen LogP contribution < -0.4 is 5.32 Å². The van der Waals surface area contributed by atoms with Crippen LogP contribution in [-0.4, -0.2) is 32.9 Å². The lowest BCUT2D eigenvalue weighted by atomic mass is 9.93. The lowest BCUT2D eigenvalue weighted by molar-refractivity contribution is 0.0868. The third-order valence-corrected chi connectivity index (χ3v) is 5.86. The van der Waals surface area contributed by atoms with E-state index in [9.17, 15) is 9.90 Å². The van der Waals surface area contributed by atoms with E-state index in [1.165, 1.54) is 0 Å². The molecule has 4 rings (SSSR count). The molecule has 1 fully saturated rings. The molecule has 27 heavy (non-hydrogen) atoms. The fraction of sp³-hybridized carbons (Fsp3) is 0.333. The topological polar surface area (TPSA) is 67.2 Å². The van der Waals surface area contributed by atoms with Gasteiger partial charge in [-0.3, -0.25) is 9.48 Å². The van der Waals surface area contributed by atoms with Gasteiger partial charge < -0.3 is 10.4 Å². The van der Waals surface area contributed by atoms with Crippen molar-refractivity contribution in [3.8, 4) is 10.6 Å². The van der Waals surface area contributed by atoms with Crippen molar-refractivity contribution in [3.05, 3.63) is 65.2 Å². The lowest BCUT2D eigenvalue weighted by Gasteiger charge is -2.26. The normalized spacial score (nSPS) is 19.7. The molecule has 2 aromatic heterocycles. The van der Waals surface area contributed by atoms with Crippen molar-refractivity contribution in [1.82, 2.24) is 15.1 Å². The second-order valence-corrected chi connectivity index (χ2v) is 7.98. The zero-order valence-corrected chi connectivity index (χ0v) is 15.9. The molecule has 3 aromatic rings. The summed E-state index contributed by atoms with van der Waals surface area (Å²) in [5.74, 6) is -0.0842. The van der Waals surface area contributed by atoms with Crippen molar-refractivity contribution >= 4 is 17.2 Å². The number of hydrogen-bond acceptors (Lipinski definition) is 4. The monoisotopic (exact) mass is 381 g/mol. The molecule has 1 aromatic carbocycles. The van der Waals surface area contributed by atoms with E-state index >= 15 is 0 Å². The third-order valence-electron chi connectivity index (χ3n) is 4.98. The van der Waals surface area contributed by atoms with E-state index in [0.29, 0.717) is 12.1 Å². The van der Waals surface area contributed by atoms with Crippen molar-refractivity contribution in [3.63, 3.8) is 0 Å². The van der Waals surface area contributed by atoms with Crippen molar-refractivity contribution in [2.45, 2.75) is 44.4 Å². The van der Waals surface area contributed by atoms with Gasteiger partial charge in [0.2, 0.25) is 0 Å². The minimum atomic E-state index is -0.228. The van der Waals surface area contributed by atoms with Crippen LogP contribution in [0.2, 0.25) is 0 Å². The average molecular weight is 382 g/mol. The highest BCUT2D eigenvalue weighted by atomic mass is 32.1. The van der Waals surface area contributed by atoms with E-state index in [1.54, 1.807) is 11.3 Å². The molecule has 0 atom stereocenters. The molecule has 1 aliphatic carbocycles. The zero-order valence-electron chi connectivity index (χ0n) is 15.0. The van der Waals surface area contributed by atoms with Crippen molar-refractivity contribution < 1.29 is 9.90 Å². The summed E-state index contributed by atoms with van der Waals surface area (Å²) in [5, 5.41) is 19.5. The standard InChI is InChI=1S/C21H23N3O2S/c25-17-10-8-16(9-11-17)22-21(26)18-14-24(13-15-5-2-1-3-6-15)23-20(18)19-7-4-12-27-19/h1-7,12,14,16-17,25H,8-11,13H2,(H,22,26). The molecule has 2 heterocycles. The summed E-state index contributed by atoms with van der Waals surface area (Å²) in [4.78, 5) is 13.9. The van der Waals surface area contributed by atoms with E-state index < -0.39 is 0 Å². The largest absolute Gasteiger partial charge is 0.393 e. The molecular weight excluding hydrogens is 358 g/mol. The highest BCUT2D eigenvalue weighted by Crippen LogP contribution is 2.27.